The largest absolute Gasteiger partial charge is 0.377 e. The minimum Gasteiger partial charge on any atom is -0.377 e. The number of hydrogen-bond acceptors (Lipinski definition) is 1. The van der Waals surface area contributed by atoms with Crippen LogP contribution in [0.4, 0.5) is 10.1 Å². The van der Waals surface area contributed by atoms with Gasteiger partial charge in [0.15, 0.2) is 0 Å². The zero-order valence-corrected chi connectivity index (χ0v) is 14.0. The quantitative estimate of drug-likeness (QED) is 0.641. The van der Waals surface area contributed by atoms with Crippen molar-refractivity contribution in [3.05, 3.63) is 61.7 Å². The molecule has 100 valence electrons. The molecule has 1 atom stereocenters. The molecule has 0 spiro atoms. The Kier molecular flexibility index (Phi) is 4.87. The van der Waals surface area contributed by atoms with Crippen LogP contribution in [0.1, 0.15) is 18.5 Å². The summed E-state index contributed by atoms with van der Waals surface area (Å²) in [5, 5.41) is 3.88. The van der Waals surface area contributed by atoms with E-state index in [1.165, 1.54) is 6.07 Å². The van der Waals surface area contributed by atoms with E-state index in [0.717, 1.165) is 14.6 Å². The third-order valence-electron chi connectivity index (χ3n) is 2.72. The van der Waals surface area contributed by atoms with Gasteiger partial charge in [0.25, 0.3) is 0 Å². The lowest BCUT2D eigenvalue weighted by molar-refractivity contribution is 0.600. The monoisotopic (exact) mass is 405 g/mol. The van der Waals surface area contributed by atoms with Crippen molar-refractivity contribution in [3.63, 3.8) is 0 Å². The van der Waals surface area contributed by atoms with Crippen molar-refractivity contribution < 1.29 is 4.39 Å². The number of nitrogens with one attached hydrogen (secondary N) is 1. The molecule has 0 bridgehead atoms. The minimum atomic E-state index is -0.235. The third-order valence-corrected chi connectivity index (χ3v) is 4.14. The highest BCUT2D eigenvalue weighted by Gasteiger charge is 2.12. The predicted molar refractivity (Wildman–Crippen MR) is 85.3 cm³/mol. The van der Waals surface area contributed by atoms with Crippen molar-refractivity contribution in [1.29, 1.82) is 0 Å². The van der Waals surface area contributed by atoms with Crippen LogP contribution >= 0.6 is 43.5 Å². The smallest absolute Gasteiger partial charge is 0.128 e. The van der Waals surface area contributed by atoms with E-state index in [1.807, 2.05) is 13.0 Å². The van der Waals surface area contributed by atoms with Gasteiger partial charge in [-0.2, -0.15) is 0 Å². The summed E-state index contributed by atoms with van der Waals surface area (Å²) in [6.45, 7) is 1.90. The molecule has 19 heavy (non-hydrogen) atoms. The highest BCUT2D eigenvalue weighted by molar-refractivity contribution is 9.10. The molecule has 0 aliphatic heterocycles. The van der Waals surface area contributed by atoms with Crippen molar-refractivity contribution >= 4 is 49.1 Å². The predicted octanol–water partition coefficient (Wildman–Crippen LogP) is 6.18. The molecule has 2 aromatic carbocycles. The molecule has 0 aliphatic rings. The normalized spacial score (nSPS) is 12.3. The van der Waals surface area contributed by atoms with Crippen LogP contribution in [-0.4, -0.2) is 0 Å². The van der Waals surface area contributed by atoms with Crippen LogP contribution in [0.25, 0.3) is 0 Å². The Bertz CT molecular complexity index is 604. The SMILES string of the molecule is CC(Nc1cc(Cl)ccc1Br)c1cc(Br)ccc1F. The Labute approximate surface area is 133 Å². The molecular weight excluding hydrogens is 396 g/mol. The second kappa shape index (κ2) is 6.25. The topological polar surface area (TPSA) is 12.0 Å². The van der Waals surface area contributed by atoms with E-state index >= 15 is 0 Å². The Morgan fingerprint density at radius 3 is 2.63 bits per heavy atom. The summed E-state index contributed by atoms with van der Waals surface area (Å²) in [7, 11) is 0. The lowest BCUT2D eigenvalue weighted by Crippen LogP contribution is -2.09. The van der Waals surface area contributed by atoms with E-state index in [2.05, 4.69) is 37.2 Å². The molecule has 0 saturated carbocycles. The average molecular weight is 408 g/mol. The fourth-order valence-corrected chi connectivity index (χ4v) is 2.68. The molecule has 2 rings (SSSR count). The maximum Gasteiger partial charge on any atom is 0.128 e. The van der Waals surface area contributed by atoms with Crippen LogP contribution in [0, 0.1) is 5.82 Å². The Morgan fingerprint density at radius 1 is 1.16 bits per heavy atom. The van der Waals surface area contributed by atoms with E-state index in [9.17, 15) is 4.39 Å². The summed E-state index contributed by atoms with van der Waals surface area (Å²) in [5.74, 6) is -0.235. The minimum absolute atomic E-state index is 0.174. The highest BCUT2D eigenvalue weighted by Crippen LogP contribution is 2.30. The van der Waals surface area contributed by atoms with Gasteiger partial charge in [0, 0.05) is 19.5 Å². The second-order valence-corrected chi connectivity index (χ2v) is 6.36. The number of anilines is 1. The van der Waals surface area contributed by atoms with Crippen molar-refractivity contribution in [2.75, 3.05) is 5.32 Å². The van der Waals surface area contributed by atoms with Crippen LogP contribution in [0.5, 0.6) is 0 Å². The molecule has 1 N–H and O–H groups in total. The molecule has 1 unspecified atom stereocenters. The molecule has 0 saturated heterocycles. The maximum absolute atomic E-state index is 13.8. The maximum atomic E-state index is 13.8. The first kappa shape index (κ1) is 14.8. The number of rotatable bonds is 3. The molecule has 0 aromatic heterocycles. The van der Waals surface area contributed by atoms with Gasteiger partial charge >= 0.3 is 0 Å². The fourth-order valence-electron chi connectivity index (χ4n) is 1.77. The highest BCUT2D eigenvalue weighted by atomic mass is 79.9. The van der Waals surface area contributed by atoms with Crippen LogP contribution < -0.4 is 5.32 Å². The van der Waals surface area contributed by atoms with Gasteiger partial charge in [0.1, 0.15) is 5.82 Å². The Balaban J connectivity index is 2.27. The molecule has 5 heteroatoms. The van der Waals surface area contributed by atoms with Crippen LogP contribution in [0.3, 0.4) is 0 Å². The number of hydrogen-bond donors (Lipinski definition) is 1. The first-order valence-corrected chi connectivity index (χ1v) is 7.60. The van der Waals surface area contributed by atoms with Crippen molar-refractivity contribution in [2.45, 2.75) is 13.0 Å². The standard InChI is InChI=1S/C14H11Br2ClFN/c1-8(11-6-9(15)2-5-13(11)18)19-14-7-10(17)3-4-12(14)16/h2-8,19H,1H3. The van der Waals surface area contributed by atoms with E-state index in [4.69, 9.17) is 11.6 Å². The summed E-state index contributed by atoms with van der Waals surface area (Å²) < 4.78 is 15.5. The third kappa shape index (κ3) is 3.71. The Hall–Kier alpha value is -0.580. The van der Waals surface area contributed by atoms with E-state index in [-0.39, 0.29) is 11.9 Å². The Morgan fingerprint density at radius 2 is 1.89 bits per heavy atom. The van der Waals surface area contributed by atoms with E-state index in [0.29, 0.717) is 10.6 Å². The summed E-state index contributed by atoms with van der Waals surface area (Å²) in [5.41, 5.74) is 1.43. The van der Waals surface area contributed by atoms with E-state index < -0.39 is 0 Å². The van der Waals surface area contributed by atoms with Gasteiger partial charge in [-0.05, 0) is 59.3 Å². The molecule has 1 nitrogen and oxygen atoms in total. The number of halogens is 4. The van der Waals surface area contributed by atoms with Crippen molar-refractivity contribution in [3.8, 4) is 0 Å². The van der Waals surface area contributed by atoms with Gasteiger partial charge in [-0.3, -0.25) is 0 Å². The fraction of sp³-hybridized carbons (Fsp3) is 0.143. The zero-order chi connectivity index (χ0) is 14.0. The summed E-state index contributed by atoms with van der Waals surface area (Å²) >= 11 is 12.8. The zero-order valence-electron chi connectivity index (χ0n) is 10.1. The molecular formula is C14H11Br2ClFN. The second-order valence-electron chi connectivity index (χ2n) is 4.16. The molecule has 2 aromatic rings. The lowest BCUT2D eigenvalue weighted by atomic mass is 10.1. The van der Waals surface area contributed by atoms with Crippen LogP contribution in [-0.2, 0) is 0 Å². The van der Waals surface area contributed by atoms with Crippen molar-refractivity contribution in [1.82, 2.24) is 0 Å². The van der Waals surface area contributed by atoms with E-state index in [1.54, 1.807) is 24.3 Å². The first-order valence-electron chi connectivity index (χ1n) is 5.64. The van der Waals surface area contributed by atoms with Crippen LogP contribution in [0.2, 0.25) is 5.02 Å². The van der Waals surface area contributed by atoms with Gasteiger partial charge in [-0.25, -0.2) is 4.39 Å². The van der Waals surface area contributed by atoms with Gasteiger partial charge in [0.05, 0.1) is 11.7 Å². The summed E-state index contributed by atoms with van der Waals surface area (Å²) in [6.07, 6.45) is 0. The molecule has 0 fully saturated rings. The summed E-state index contributed by atoms with van der Waals surface area (Å²) in [6, 6.07) is 10.2. The molecule has 0 amide bonds. The van der Waals surface area contributed by atoms with Gasteiger partial charge < -0.3 is 5.32 Å². The lowest BCUT2D eigenvalue weighted by Gasteiger charge is -2.18. The molecule has 0 heterocycles. The van der Waals surface area contributed by atoms with Gasteiger partial charge in [0.2, 0.25) is 0 Å². The average Bonchev–Trinajstić information content (AvgIpc) is 2.36. The number of benzene rings is 2. The first-order chi connectivity index (χ1) is 8.97. The van der Waals surface area contributed by atoms with Gasteiger partial charge in [-0.1, -0.05) is 27.5 Å². The molecule has 0 radical (unpaired) electrons. The summed E-state index contributed by atoms with van der Waals surface area (Å²) in [4.78, 5) is 0. The van der Waals surface area contributed by atoms with Crippen molar-refractivity contribution in [2.24, 2.45) is 0 Å². The van der Waals surface area contributed by atoms with Crippen LogP contribution in [0.15, 0.2) is 45.3 Å². The van der Waals surface area contributed by atoms with Gasteiger partial charge in [-0.15, -0.1) is 0 Å². The molecule has 0 aliphatic carbocycles.